The molecule has 1 heterocycles. The number of hydrogen-bond acceptors (Lipinski definition) is 3. The van der Waals surface area contributed by atoms with E-state index in [9.17, 15) is 13.2 Å². The van der Waals surface area contributed by atoms with Crippen molar-refractivity contribution >= 4 is 12.4 Å². The molecule has 0 unspecified atom stereocenters. The minimum Gasteiger partial charge on any atom is -0.406 e. The zero-order chi connectivity index (χ0) is 13.9. The Kier molecular flexibility index (Phi) is 6.10. The minimum absolute atomic E-state index is 0. The number of nitrogens with two attached hydrogens (primary N) is 1. The maximum Gasteiger partial charge on any atom is 0.573 e. The summed E-state index contributed by atoms with van der Waals surface area (Å²) in [6, 6.07) is 5.69. The van der Waals surface area contributed by atoms with Crippen LogP contribution in [0.3, 0.4) is 0 Å². The van der Waals surface area contributed by atoms with Gasteiger partial charge >= 0.3 is 6.36 Å². The molecule has 2 rings (SSSR count). The first kappa shape index (κ1) is 17.1. The zero-order valence-corrected chi connectivity index (χ0v) is 11.6. The van der Waals surface area contributed by atoms with Crippen LogP contribution < -0.4 is 15.8 Å². The molecular formula is C13H18ClF3N2O. The van der Waals surface area contributed by atoms with Crippen LogP contribution >= 0.6 is 12.4 Å². The average Bonchev–Trinajstić information content (AvgIpc) is 2.38. The van der Waals surface area contributed by atoms with Gasteiger partial charge in [-0.15, -0.1) is 25.6 Å². The monoisotopic (exact) mass is 310 g/mol. The number of hydrogen-bond donors (Lipinski definition) is 2. The molecule has 20 heavy (non-hydrogen) atoms. The standard InChI is InChI=1S/C13H17F3N2O.ClH/c14-13(15,16)19-11-3-1-9(2-4-11)12(17)10-5-7-18-8-6-10;/h1-4,10,12,18H,5-8,17H2;1H/t12-;/m0./s1. The molecule has 0 aliphatic carbocycles. The third-order valence-corrected chi connectivity index (χ3v) is 3.39. The fourth-order valence-electron chi connectivity index (χ4n) is 2.37. The van der Waals surface area contributed by atoms with E-state index >= 15 is 0 Å². The molecule has 0 radical (unpaired) electrons. The molecule has 0 bridgehead atoms. The minimum atomic E-state index is -4.65. The van der Waals surface area contributed by atoms with Crippen molar-refractivity contribution in [1.29, 1.82) is 0 Å². The van der Waals surface area contributed by atoms with E-state index in [1.807, 2.05) is 0 Å². The molecule has 1 aliphatic rings. The molecule has 1 aromatic carbocycles. The summed E-state index contributed by atoms with van der Waals surface area (Å²) < 4.78 is 39.9. The second kappa shape index (κ2) is 7.15. The normalized spacial score (nSPS) is 18.2. The molecule has 3 nitrogen and oxygen atoms in total. The van der Waals surface area contributed by atoms with E-state index in [-0.39, 0.29) is 24.2 Å². The molecule has 0 amide bonds. The number of nitrogens with one attached hydrogen (secondary N) is 1. The maximum absolute atomic E-state index is 12.0. The van der Waals surface area contributed by atoms with Crippen LogP contribution in [-0.4, -0.2) is 19.5 Å². The van der Waals surface area contributed by atoms with Gasteiger partial charge in [0, 0.05) is 6.04 Å². The largest absolute Gasteiger partial charge is 0.573 e. The Morgan fingerprint density at radius 2 is 1.70 bits per heavy atom. The SMILES string of the molecule is Cl.N[C@@H](c1ccc(OC(F)(F)F)cc1)C1CCNCC1. The lowest BCUT2D eigenvalue weighted by Gasteiger charge is -2.28. The summed E-state index contributed by atoms with van der Waals surface area (Å²) in [4.78, 5) is 0. The highest BCUT2D eigenvalue weighted by Crippen LogP contribution is 2.29. The molecule has 1 aliphatic heterocycles. The van der Waals surface area contributed by atoms with E-state index < -0.39 is 6.36 Å². The fraction of sp³-hybridized carbons (Fsp3) is 0.538. The average molecular weight is 311 g/mol. The van der Waals surface area contributed by atoms with Crippen molar-refractivity contribution in [3.05, 3.63) is 29.8 Å². The lowest BCUT2D eigenvalue weighted by molar-refractivity contribution is -0.274. The molecule has 3 N–H and O–H groups in total. The van der Waals surface area contributed by atoms with Crippen LogP contribution in [0.15, 0.2) is 24.3 Å². The summed E-state index contributed by atoms with van der Waals surface area (Å²) in [5, 5.41) is 3.26. The van der Waals surface area contributed by atoms with E-state index in [2.05, 4.69) is 10.1 Å². The molecule has 1 saturated heterocycles. The third kappa shape index (κ3) is 4.85. The van der Waals surface area contributed by atoms with Gasteiger partial charge in [0.15, 0.2) is 0 Å². The number of rotatable bonds is 3. The maximum atomic E-state index is 12.0. The Morgan fingerprint density at radius 1 is 1.15 bits per heavy atom. The second-order valence-corrected chi connectivity index (χ2v) is 4.73. The molecule has 0 aromatic heterocycles. The number of piperidine rings is 1. The molecular weight excluding hydrogens is 293 g/mol. The van der Waals surface area contributed by atoms with Gasteiger partial charge in [0.25, 0.3) is 0 Å². The van der Waals surface area contributed by atoms with Gasteiger partial charge in [0.05, 0.1) is 0 Å². The predicted octanol–water partition coefficient (Wildman–Crippen LogP) is 3.01. The molecule has 1 atom stereocenters. The summed E-state index contributed by atoms with van der Waals surface area (Å²) in [5.74, 6) is 0.157. The quantitative estimate of drug-likeness (QED) is 0.902. The Morgan fingerprint density at radius 3 is 2.20 bits per heavy atom. The van der Waals surface area contributed by atoms with Crippen LogP contribution in [0.1, 0.15) is 24.4 Å². The highest BCUT2D eigenvalue weighted by atomic mass is 35.5. The van der Waals surface area contributed by atoms with Crippen LogP contribution in [-0.2, 0) is 0 Å². The second-order valence-electron chi connectivity index (χ2n) is 4.73. The number of benzene rings is 1. The lowest BCUT2D eigenvalue weighted by Crippen LogP contribution is -2.33. The van der Waals surface area contributed by atoms with Gasteiger partial charge in [-0.05, 0) is 49.5 Å². The van der Waals surface area contributed by atoms with Gasteiger partial charge in [-0.25, -0.2) is 0 Å². The van der Waals surface area contributed by atoms with Gasteiger partial charge in [0.2, 0.25) is 0 Å². The molecule has 0 spiro atoms. The summed E-state index contributed by atoms with van der Waals surface area (Å²) in [6.45, 7) is 1.88. The van der Waals surface area contributed by atoms with Gasteiger partial charge < -0.3 is 15.8 Å². The molecule has 7 heteroatoms. The molecule has 0 saturated carbocycles. The molecule has 1 aromatic rings. The molecule has 1 fully saturated rings. The Labute approximate surface area is 122 Å². The van der Waals surface area contributed by atoms with E-state index in [1.165, 1.54) is 12.1 Å². The Balaban J connectivity index is 0.00000200. The smallest absolute Gasteiger partial charge is 0.406 e. The van der Waals surface area contributed by atoms with Gasteiger partial charge in [-0.3, -0.25) is 0 Å². The summed E-state index contributed by atoms with van der Waals surface area (Å²) in [7, 11) is 0. The van der Waals surface area contributed by atoms with E-state index in [4.69, 9.17) is 5.73 Å². The predicted molar refractivity (Wildman–Crippen MR) is 72.9 cm³/mol. The van der Waals surface area contributed by atoms with Crippen molar-refractivity contribution in [3.8, 4) is 5.75 Å². The number of alkyl halides is 3. The van der Waals surface area contributed by atoms with E-state index in [0.29, 0.717) is 5.92 Å². The first-order valence-electron chi connectivity index (χ1n) is 6.28. The first-order valence-corrected chi connectivity index (χ1v) is 6.28. The fourth-order valence-corrected chi connectivity index (χ4v) is 2.37. The summed E-state index contributed by atoms with van der Waals surface area (Å²) in [6.07, 6.45) is -2.68. The Bertz CT molecular complexity index is 405. The first-order chi connectivity index (χ1) is 8.96. The molecule has 114 valence electrons. The van der Waals surface area contributed by atoms with Gasteiger partial charge in [-0.2, -0.15) is 0 Å². The van der Waals surface area contributed by atoms with Crippen LogP contribution in [0.5, 0.6) is 5.75 Å². The Hall–Kier alpha value is -0.980. The van der Waals surface area contributed by atoms with E-state index in [0.717, 1.165) is 31.5 Å². The highest BCUT2D eigenvalue weighted by Gasteiger charge is 2.31. The van der Waals surface area contributed by atoms with Gasteiger partial charge in [-0.1, -0.05) is 12.1 Å². The van der Waals surface area contributed by atoms with Crippen molar-refractivity contribution in [2.24, 2.45) is 11.7 Å². The van der Waals surface area contributed by atoms with Crippen LogP contribution in [0.25, 0.3) is 0 Å². The number of ether oxygens (including phenoxy) is 1. The summed E-state index contributed by atoms with van der Waals surface area (Å²) >= 11 is 0. The van der Waals surface area contributed by atoms with Crippen LogP contribution in [0.2, 0.25) is 0 Å². The van der Waals surface area contributed by atoms with Crippen LogP contribution in [0, 0.1) is 5.92 Å². The third-order valence-electron chi connectivity index (χ3n) is 3.39. The summed E-state index contributed by atoms with van der Waals surface area (Å²) in [5.41, 5.74) is 7.00. The number of halogens is 4. The zero-order valence-electron chi connectivity index (χ0n) is 10.8. The highest BCUT2D eigenvalue weighted by molar-refractivity contribution is 5.85. The van der Waals surface area contributed by atoms with Crippen molar-refractivity contribution in [1.82, 2.24) is 5.32 Å². The van der Waals surface area contributed by atoms with Crippen molar-refractivity contribution < 1.29 is 17.9 Å². The van der Waals surface area contributed by atoms with Crippen molar-refractivity contribution in [2.45, 2.75) is 25.2 Å². The lowest BCUT2D eigenvalue weighted by atomic mass is 9.86. The van der Waals surface area contributed by atoms with Crippen molar-refractivity contribution in [3.63, 3.8) is 0 Å². The van der Waals surface area contributed by atoms with E-state index in [1.54, 1.807) is 12.1 Å². The van der Waals surface area contributed by atoms with Gasteiger partial charge in [0.1, 0.15) is 5.75 Å². The topological polar surface area (TPSA) is 47.3 Å². The van der Waals surface area contributed by atoms with Crippen LogP contribution in [0.4, 0.5) is 13.2 Å². The van der Waals surface area contributed by atoms with Crippen molar-refractivity contribution in [2.75, 3.05) is 13.1 Å².